The highest BCUT2D eigenvalue weighted by Gasteiger charge is 2.45. The third kappa shape index (κ3) is 3.43. The number of aliphatic hydroxyl groups is 2. The lowest BCUT2D eigenvalue weighted by atomic mass is 9.80. The van der Waals surface area contributed by atoms with Gasteiger partial charge in [-0.25, -0.2) is 15.0 Å². The van der Waals surface area contributed by atoms with Gasteiger partial charge in [0.25, 0.3) is 7.41 Å². The van der Waals surface area contributed by atoms with Gasteiger partial charge in [-0.05, 0) is 26.0 Å². The van der Waals surface area contributed by atoms with Crippen LogP contribution in [0.15, 0.2) is 49.1 Å². The number of anilines is 1. The van der Waals surface area contributed by atoms with Gasteiger partial charge in [0.1, 0.15) is 24.1 Å². The van der Waals surface area contributed by atoms with E-state index in [1.807, 2.05) is 50.3 Å². The fraction of sp³-hybridized carbons (Fsp3) is 0.261. The Morgan fingerprint density at radius 3 is 2.64 bits per heavy atom. The van der Waals surface area contributed by atoms with Crippen molar-refractivity contribution in [2.24, 2.45) is 0 Å². The first-order valence-electron chi connectivity index (χ1n) is 10.9. The van der Waals surface area contributed by atoms with Crippen molar-refractivity contribution in [2.45, 2.75) is 38.3 Å². The van der Waals surface area contributed by atoms with Crippen LogP contribution < -0.4 is 5.73 Å². The molecule has 1 aromatic carbocycles. The molecule has 1 aliphatic rings. The molecule has 4 N–H and O–H groups in total. The summed E-state index contributed by atoms with van der Waals surface area (Å²) in [6.07, 6.45) is 7.85. The number of aromatic nitrogens is 5. The van der Waals surface area contributed by atoms with Gasteiger partial charge < -0.3 is 25.2 Å². The minimum Gasteiger partial charge on any atom is -0.388 e. The Balaban J connectivity index is 1.54. The molecule has 4 unspecified atom stereocenters. The summed E-state index contributed by atoms with van der Waals surface area (Å²) in [6, 6.07) is 7.48. The molecule has 0 spiro atoms. The Morgan fingerprint density at radius 1 is 1.06 bits per heavy atom. The molecule has 1 saturated heterocycles. The largest absolute Gasteiger partial charge is 0.388 e. The van der Waals surface area contributed by atoms with Crippen LogP contribution in [0.1, 0.15) is 31.3 Å². The minimum atomic E-state index is -1.16. The zero-order chi connectivity index (χ0) is 23.1. The number of hydrogen-bond acceptors (Lipinski definition) is 7. The number of aliphatic hydroxyl groups excluding tert-OH is 2. The van der Waals surface area contributed by atoms with Crippen LogP contribution in [0.5, 0.6) is 0 Å². The summed E-state index contributed by atoms with van der Waals surface area (Å²) < 4.78 is 9.91. The quantitative estimate of drug-likeness (QED) is 0.402. The number of nitrogens with two attached hydrogens (primary N) is 1. The highest BCUT2D eigenvalue weighted by molar-refractivity contribution is 6.38. The molecule has 4 heterocycles. The van der Waals surface area contributed by atoms with Crippen molar-refractivity contribution >= 4 is 47.5 Å². The number of hydrogen-bond donors (Lipinski definition) is 3. The molecule has 33 heavy (non-hydrogen) atoms. The van der Waals surface area contributed by atoms with Crippen molar-refractivity contribution in [3.63, 3.8) is 0 Å². The fourth-order valence-corrected chi connectivity index (χ4v) is 4.57. The molecule has 5 rings (SSSR count). The van der Waals surface area contributed by atoms with E-state index in [0.717, 1.165) is 22.2 Å². The Labute approximate surface area is 191 Å². The Bertz CT molecular complexity index is 1380. The van der Waals surface area contributed by atoms with E-state index in [2.05, 4.69) is 31.6 Å². The highest BCUT2D eigenvalue weighted by Crippen LogP contribution is 2.34. The SMILES string of the molecule is C/C=C\c1c(/C=C\C)n(BC2OC(n3cnc4c(N)ncnc43)C(O)C2O)c2ccccc12. The van der Waals surface area contributed by atoms with Crippen molar-refractivity contribution in [1.82, 2.24) is 24.0 Å². The van der Waals surface area contributed by atoms with Crippen molar-refractivity contribution in [1.29, 1.82) is 0 Å². The lowest BCUT2D eigenvalue weighted by molar-refractivity contribution is -0.0206. The van der Waals surface area contributed by atoms with Gasteiger partial charge in [0.05, 0.1) is 12.3 Å². The summed E-state index contributed by atoms with van der Waals surface area (Å²) in [4.78, 5) is 12.4. The predicted molar refractivity (Wildman–Crippen MR) is 130 cm³/mol. The third-order valence-corrected chi connectivity index (χ3v) is 6.07. The summed E-state index contributed by atoms with van der Waals surface area (Å²) in [7, 11) is 0.357. The average molecular weight is 444 g/mol. The van der Waals surface area contributed by atoms with E-state index in [1.54, 1.807) is 4.57 Å². The van der Waals surface area contributed by atoms with Crippen LogP contribution in [0.4, 0.5) is 5.82 Å². The van der Waals surface area contributed by atoms with Crippen molar-refractivity contribution in [3.05, 3.63) is 60.3 Å². The second-order valence-electron chi connectivity index (χ2n) is 8.06. The molecule has 0 aliphatic carbocycles. The maximum atomic E-state index is 10.9. The van der Waals surface area contributed by atoms with E-state index in [1.165, 1.54) is 12.7 Å². The van der Waals surface area contributed by atoms with Gasteiger partial charge in [-0.2, -0.15) is 0 Å². The molecule has 0 bridgehead atoms. The van der Waals surface area contributed by atoms with Crippen molar-refractivity contribution in [3.8, 4) is 0 Å². The van der Waals surface area contributed by atoms with E-state index >= 15 is 0 Å². The van der Waals surface area contributed by atoms with E-state index in [4.69, 9.17) is 10.5 Å². The van der Waals surface area contributed by atoms with Gasteiger partial charge in [0.2, 0.25) is 0 Å². The summed E-state index contributed by atoms with van der Waals surface area (Å²) in [5, 5.41) is 22.9. The van der Waals surface area contributed by atoms with E-state index in [0.29, 0.717) is 18.6 Å². The van der Waals surface area contributed by atoms with E-state index in [-0.39, 0.29) is 5.82 Å². The molecule has 9 nitrogen and oxygen atoms in total. The van der Waals surface area contributed by atoms with Crippen LogP contribution in [0.3, 0.4) is 0 Å². The maximum Gasteiger partial charge on any atom is 0.276 e. The smallest absolute Gasteiger partial charge is 0.276 e. The van der Waals surface area contributed by atoms with Crippen LogP contribution in [-0.2, 0) is 4.74 Å². The molecule has 10 heteroatoms. The monoisotopic (exact) mass is 444 g/mol. The third-order valence-electron chi connectivity index (χ3n) is 6.07. The zero-order valence-corrected chi connectivity index (χ0v) is 18.4. The summed E-state index contributed by atoms with van der Waals surface area (Å²) in [5.41, 5.74) is 9.90. The van der Waals surface area contributed by atoms with Crippen LogP contribution in [0, 0.1) is 0 Å². The molecular weight excluding hydrogens is 419 g/mol. The van der Waals surface area contributed by atoms with Gasteiger partial charge in [0, 0.05) is 22.2 Å². The lowest BCUT2D eigenvalue weighted by Crippen LogP contribution is -2.37. The number of ether oxygens (including phenoxy) is 1. The van der Waals surface area contributed by atoms with Crippen LogP contribution in [0.2, 0.25) is 0 Å². The van der Waals surface area contributed by atoms with Gasteiger partial charge in [-0.3, -0.25) is 4.57 Å². The number of nitrogens with zero attached hydrogens (tertiary/aromatic N) is 5. The molecule has 1 fully saturated rings. The number of fused-ring (bicyclic) bond motifs is 2. The fourth-order valence-electron chi connectivity index (χ4n) is 4.57. The minimum absolute atomic E-state index is 0.245. The number of benzene rings is 1. The van der Waals surface area contributed by atoms with E-state index in [9.17, 15) is 10.2 Å². The predicted octanol–water partition coefficient (Wildman–Crippen LogP) is 1.91. The second kappa shape index (κ2) is 8.47. The standard InChI is InChI=1S/C23H25BN6O3/c1-3-7-13-14-9-5-6-10-16(14)30(15(13)8-4-2)24-20-18(31)19(32)23(33-20)29-12-28-17-21(25)26-11-27-22(17)29/h3-12,18-20,23-24,31-32H,1-2H3,(H2,25,26,27)/b7-3-,8-4-. The highest BCUT2D eigenvalue weighted by atomic mass is 16.6. The molecule has 0 saturated carbocycles. The molecule has 0 radical (unpaired) electrons. The van der Waals surface area contributed by atoms with E-state index < -0.39 is 24.4 Å². The molecule has 4 atom stereocenters. The summed E-state index contributed by atoms with van der Waals surface area (Å²) in [6.45, 7) is 3.96. The number of para-hydroxylation sites is 1. The Morgan fingerprint density at radius 2 is 1.85 bits per heavy atom. The molecule has 168 valence electrons. The molecule has 1 aliphatic heterocycles. The normalized spacial score (nSPS) is 23.5. The molecular formula is C23H25BN6O3. The summed E-state index contributed by atoms with van der Waals surface area (Å²) >= 11 is 0. The van der Waals surface area contributed by atoms with Crippen LogP contribution >= 0.6 is 0 Å². The van der Waals surface area contributed by atoms with Crippen LogP contribution in [-0.4, -0.2) is 59.8 Å². The van der Waals surface area contributed by atoms with Gasteiger partial charge in [0.15, 0.2) is 17.7 Å². The summed E-state index contributed by atoms with van der Waals surface area (Å²) in [5.74, 6) is 0.245. The average Bonchev–Trinajstić information content (AvgIpc) is 3.45. The van der Waals surface area contributed by atoms with Gasteiger partial charge in [-0.15, -0.1) is 0 Å². The zero-order valence-electron chi connectivity index (χ0n) is 18.4. The molecule has 0 amide bonds. The second-order valence-corrected chi connectivity index (χ2v) is 8.06. The number of nitrogen functional groups attached to an aromatic ring is 1. The maximum absolute atomic E-state index is 10.9. The number of rotatable bonds is 5. The van der Waals surface area contributed by atoms with Crippen molar-refractivity contribution < 1.29 is 14.9 Å². The number of imidazole rings is 1. The Kier molecular flexibility index (Phi) is 5.49. The van der Waals surface area contributed by atoms with Crippen molar-refractivity contribution in [2.75, 3.05) is 5.73 Å². The number of allylic oxidation sites excluding steroid dienone is 2. The van der Waals surface area contributed by atoms with Gasteiger partial charge >= 0.3 is 0 Å². The first-order valence-corrected chi connectivity index (χ1v) is 10.9. The lowest BCUT2D eigenvalue weighted by Gasteiger charge is -2.17. The molecule has 3 aromatic heterocycles. The molecule has 4 aromatic rings. The van der Waals surface area contributed by atoms with Gasteiger partial charge in [-0.1, -0.05) is 36.4 Å². The first-order chi connectivity index (χ1) is 16.0. The van der Waals surface area contributed by atoms with Crippen LogP contribution in [0.25, 0.3) is 34.2 Å². The first kappa shape index (κ1) is 21.4. The Hall–Kier alpha value is -3.47. The topological polar surface area (TPSA) is 124 Å².